The largest absolute Gasteiger partial charge is 0.0694 e. The third-order valence-electron chi connectivity index (χ3n) is 5.86. The Bertz CT molecular complexity index is 750. The van der Waals surface area contributed by atoms with Crippen LogP contribution in [-0.4, -0.2) is 0 Å². The molecule has 19 heavy (non-hydrogen) atoms. The van der Waals surface area contributed by atoms with Gasteiger partial charge in [-0.25, -0.2) is 0 Å². The van der Waals surface area contributed by atoms with E-state index in [1.807, 2.05) is 5.57 Å². The average molecular weight is 246 g/mol. The van der Waals surface area contributed by atoms with Crippen molar-refractivity contribution in [1.29, 1.82) is 0 Å². The molecule has 2 atom stereocenters. The smallest absolute Gasteiger partial charge is 0.0205 e. The van der Waals surface area contributed by atoms with Gasteiger partial charge >= 0.3 is 0 Å². The Morgan fingerprint density at radius 2 is 1.84 bits per heavy atom. The summed E-state index contributed by atoms with van der Waals surface area (Å²) in [6.45, 7) is 2.23. The average Bonchev–Trinajstić information content (AvgIpc) is 3.04. The number of rotatable bonds is 1. The molecular weight excluding hydrogens is 228 g/mol. The molecule has 0 nitrogen and oxygen atoms in total. The van der Waals surface area contributed by atoms with E-state index in [4.69, 9.17) is 0 Å². The van der Waals surface area contributed by atoms with Crippen molar-refractivity contribution in [2.24, 2.45) is 5.92 Å². The maximum absolute atomic E-state index is 2.42. The summed E-state index contributed by atoms with van der Waals surface area (Å²) < 4.78 is 0. The molecule has 0 aliphatic heterocycles. The molecule has 0 spiro atoms. The van der Waals surface area contributed by atoms with Crippen molar-refractivity contribution < 1.29 is 0 Å². The Hall–Kier alpha value is -1.56. The van der Waals surface area contributed by atoms with Crippen molar-refractivity contribution in [3.8, 4) is 0 Å². The minimum atomic E-state index is 0.473. The van der Waals surface area contributed by atoms with Gasteiger partial charge in [0.1, 0.15) is 0 Å². The van der Waals surface area contributed by atoms with Gasteiger partial charge in [0, 0.05) is 5.41 Å². The standard InChI is InChI=1S/C19H18/c1-12-6-8-18(16-5-3-2-4-15(12)16)19-11-14(19)10-13-7-9-17(13)19/h2-6,8,14H,7,9-11H2,1H3. The Balaban J connectivity index is 1.82. The molecule has 2 unspecified atom stereocenters. The molecular formula is C19H18. The highest BCUT2D eigenvalue weighted by atomic mass is 14.7. The van der Waals surface area contributed by atoms with Crippen LogP contribution >= 0.6 is 0 Å². The Labute approximate surface area is 114 Å². The normalized spacial score (nSPS) is 31.1. The first-order chi connectivity index (χ1) is 9.30. The molecule has 3 aliphatic carbocycles. The van der Waals surface area contributed by atoms with Gasteiger partial charge in [-0.2, -0.15) is 0 Å². The zero-order valence-corrected chi connectivity index (χ0v) is 11.4. The van der Waals surface area contributed by atoms with E-state index in [0.29, 0.717) is 5.41 Å². The molecule has 5 rings (SSSR count). The SMILES string of the molecule is Cc1ccc(C23CC2CC2=C3CC2)c2ccccc12. The third kappa shape index (κ3) is 1.08. The first kappa shape index (κ1) is 10.3. The van der Waals surface area contributed by atoms with Gasteiger partial charge < -0.3 is 0 Å². The van der Waals surface area contributed by atoms with E-state index >= 15 is 0 Å². The van der Waals surface area contributed by atoms with Crippen LogP contribution in [0.2, 0.25) is 0 Å². The lowest BCUT2D eigenvalue weighted by Gasteiger charge is -2.28. The van der Waals surface area contributed by atoms with Gasteiger partial charge in [0.05, 0.1) is 0 Å². The molecule has 94 valence electrons. The van der Waals surface area contributed by atoms with Crippen LogP contribution in [0.4, 0.5) is 0 Å². The summed E-state index contributed by atoms with van der Waals surface area (Å²) in [6, 6.07) is 13.7. The zero-order valence-electron chi connectivity index (χ0n) is 11.4. The van der Waals surface area contributed by atoms with Crippen LogP contribution in [-0.2, 0) is 5.41 Å². The fourth-order valence-corrected chi connectivity index (χ4v) is 4.76. The maximum atomic E-state index is 2.42. The van der Waals surface area contributed by atoms with E-state index in [9.17, 15) is 0 Å². The highest BCUT2D eigenvalue weighted by Crippen LogP contribution is 2.71. The molecule has 3 aliphatic rings. The molecule has 1 saturated carbocycles. The van der Waals surface area contributed by atoms with Gasteiger partial charge in [-0.1, -0.05) is 47.5 Å². The molecule has 0 bridgehead atoms. The Kier molecular flexibility index (Phi) is 1.68. The number of aryl methyl sites for hydroxylation is 1. The van der Waals surface area contributed by atoms with Crippen molar-refractivity contribution >= 4 is 10.8 Å². The van der Waals surface area contributed by atoms with Crippen molar-refractivity contribution in [3.63, 3.8) is 0 Å². The summed E-state index contributed by atoms with van der Waals surface area (Å²) in [5.74, 6) is 0.936. The van der Waals surface area contributed by atoms with Gasteiger partial charge in [-0.05, 0) is 60.4 Å². The fraction of sp³-hybridized carbons (Fsp3) is 0.368. The third-order valence-corrected chi connectivity index (χ3v) is 5.86. The van der Waals surface area contributed by atoms with E-state index in [0.717, 1.165) is 5.92 Å². The fourth-order valence-electron chi connectivity index (χ4n) is 4.76. The van der Waals surface area contributed by atoms with Crippen LogP contribution in [0.5, 0.6) is 0 Å². The van der Waals surface area contributed by atoms with Gasteiger partial charge in [-0.15, -0.1) is 0 Å². The van der Waals surface area contributed by atoms with Gasteiger partial charge in [-0.3, -0.25) is 0 Å². The van der Waals surface area contributed by atoms with Crippen molar-refractivity contribution in [2.75, 3.05) is 0 Å². The Morgan fingerprint density at radius 3 is 2.58 bits per heavy atom. The number of allylic oxidation sites excluding steroid dienone is 2. The second-order valence-electron chi connectivity index (χ2n) is 6.63. The lowest BCUT2D eigenvalue weighted by Crippen LogP contribution is -2.16. The summed E-state index contributed by atoms with van der Waals surface area (Å²) >= 11 is 0. The zero-order chi connectivity index (χ0) is 12.6. The number of hydrogen-bond acceptors (Lipinski definition) is 0. The van der Waals surface area contributed by atoms with Crippen molar-refractivity contribution in [2.45, 2.75) is 38.0 Å². The van der Waals surface area contributed by atoms with Gasteiger partial charge in [0.15, 0.2) is 0 Å². The van der Waals surface area contributed by atoms with E-state index < -0.39 is 0 Å². The van der Waals surface area contributed by atoms with Gasteiger partial charge in [0.25, 0.3) is 0 Å². The summed E-state index contributed by atoms with van der Waals surface area (Å²) in [6.07, 6.45) is 5.57. The van der Waals surface area contributed by atoms with Crippen LogP contribution in [0.1, 0.15) is 36.8 Å². The molecule has 0 amide bonds. The molecule has 0 aromatic heterocycles. The predicted octanol–water partition coefficient (Wildman–Crippen LogP) is 4.90. The monoisotopic (exact) mass is 246 g/mol. The number of fused-ring (bicyclic) bond motifs is 3. The minimum Gasteiger partial charge on any atom is -0.0694 e. The first-order valence-corrected chi connectivity index (χ1v) is 7.51. The van der Waals surface area contributed by atoms with Crippen LogP contribution in [0.15, 0.2) is 47.5 Å². The highest BCUT2D eigenvalue weighted by Gasteiger charge is 2.63. The molecule has 0 radical (unpaired) electrons. The molecule has 0 N–H and O–H groups in total. The second-order valence-corrected chi connectivity index (χ2v) is 6.63. The van der Waals surface area contributed by atoms with E-state index in [2.05, 4.69) is 43.3 Å². The van der Waals surface area contributed by atoms with Crippen LogP contribution in [0.3, 0.4) is 0 Å². The molecule has 0 heteroatoms. The molecule has 2 aromatic rings. The Morgan fingerprint density at radius 1 is 1.00 bits per heavy atom. The molecule has 2 aromatic carbocycles. The number of benzene rings is 2. The summed E-state index contributed by atoms with van der Waals surface area (Å²) in [5.41, 5.74) is 7.14. The van der Waals surface area contributed by atoms with E-state index in [1.54, 1.807) is 11.1 Å². The lowest BCUT2D eigenvalue weighted by atomic mass is 9.76. The summed E-state index contributed by atoms with van der Waals surface area (Å²) in [7, 11) is 0. The lowest BCUT2D eigenvalue weighted by molar-refractivity contribution is 0.694. The topological polar surface area (TPSA) is 0 Å². The minimum absolute atomic E-state index is 0.473. The van der Waals surface area contributed by atoms with Crippen LogP contribution in [0, 0.1) is 12.8 Å². The van der Waals surface area contributed by atoms with Crippen molar-refractivity contribution in [3.05, 3.63) is 58.7 Å². The van der Waals surface area contributed by atoms with Crippen LogP contribution in [0.25, 0.3) is 10.8 Å². The molecule has 1 fully saturated rings. The quantitative estimate of drug-likeness (QED) is 0.628. The summed E-state index contributed by atoms with van der Waals surface area (Å²) in [5, 5.41) is 2.96. The van der Waals surface area contributed by atoms with E-state index in [1.165, 1.54) is 42.0 Å². The summed E-state index contributed by atoms with van der Waals surface area (Å²) in [4.78, 5) is 0. The highest BCUT2D eigenvalue weighted by molar-refractivity contribution is 5.91. The predicted molar refractivity (Wildman–Crippen MR) is 79.3 cm³/mol. The van der Waals surface area contributed by atoms with Crippen LogP contribution < -0.4 is 0 Å². The maximum Gasteiger partial charge on any atom is 0.0205 e. The first-order valence-electron chi connectivity index (χ1n) is 7.51. The molecule has 0 saturated heterocycles. The van der Waals surface area contributed by atoms with Gasteiger partial charge in [0.2, 0.25) is 0 Å². The molecule has 0 heterocycles. The second kappa shape index (κ2) is 3.12. The van der Waals surface area contributed by atoms with E-state index in [-0.39, 0.29) is 0 Å². The van der Waals surface area contributed by atoms with Crippen molar-refractivity contribution in [1.82, 2.24) is 0 Å². The number of hydrogen-bond donors (Lipinski definition) is 0.